The van der Waals surface area contributed by atoms with Crippen LogP contribution in [0.3, 0.4) is 0 Å². The fourth-order valence-corrected chi connectivity index (χ4v) is 0.885. The highest BCUT2D eigenvalue weighted by Crippen LogP contribution is 2.04. The van der Waals surface area contributed by atoms with Crippen molar-refractivity contribution in [3.8, 4) is 0 Å². The van der Waals surface area contributed by atoms with Crippen LogP contribution >= 0.6 is 0 Å². The standard InChI is InChI=1S/C10H12N/c1-9(8-11)7-10-5-3-2-4-6-10/h2-7,11H,8H2,1H3/b9-7+. The molecule has 1 rings (SSSR count). The molecule has 0 heterocycles. The van der Waals surface area contributed by atoms with Crippen molar-refractivity contribution in [3.05, 3.63) is 41.5 Å². The van der Waals surface area contributed by atoms with E-state index in [1.54, 1.807) is 0 Å². The molecule has 0 saturated heterocycles. The molecule has 0 aliphatic carbocycles. The summed E-state index contributed by atoms with van der Waals surface area (Å²) in [5.74, 6) is 0. The second-order valence-electron chi connectivity index (χ2n) is 2.58. The third-order valence-electron chi connectivity index (χ3n) is 1.49. The van der Waals surface area contributed by atoms with Gasteiger partial charge in [0.1, 0.15) is 0 Å². The second kappa shape index (κ2) is 3.94. The number of nitrogens with one attached hydrogen (secondary N) is 1. The molecule has 1 radical (unpaired) electrons. The van der Waals surface area contributed by atoms with Crippen LogP contribution < -0.4 is 5.73 Å². The minimum absolute atomic E-state index is 0.384. The maximum absolute atomic E-state index is 7.09. The van der Waals surface area contributed by atoms with Gasteiger partial charge in [-0.15, -0.1) is 0 Å². The van der Waals surface area contributed by atoms with Gasteiger partial charge in [-0.1, -0.05) is 42.0 Å². The van der Waals surface area contributed by atoms with E-state index in [4.69, 9.17) is 5.73 Å². The predicted octanol–water partition coefficient (Wildman–Crippen LogP) is 2.37. The van der Waals surface area contributed by atoms with E-state index in [1.807, 2.05) is 43.3 Å². The molecule has 0 aliphatic rings. The van der Waals surface area contributed by atoms with E-state index in [0.717, 1.165) is 5.57 Å². The molecule has 0 fully saturated rings. The van der Waals surface area contributed by atoms with Gasteiger partial charge in [-0.25, -0.2) is 0 Å². The van der Waals surface area contributed by atoms with Gasteiger partial charge in [0.2, 0.25) is 0 Å². The molecule has 0 atom stereocenters. The lowest BCUT2D eigenvalue weighted by Crippen LogP contribution is -1.85. The third-order valence-corrected chi connectivity index (χ3v) is 1.49. The summed E-state index contributed by atoms with van der Waals surface area (Å²) in [6.45, 7) is 2.36. The van der Waals surface area contributed by atoms with Crippen LogP contribution in [0.25, 0.3) is 6.08 Å². The molecule has 0 spiro atoms. The molecule has 0 unspecified atom stereocenters. The van der Waals surface area contributed by atoms with Crippen LogP contribution in [0, 0.1) is 0 Å². The Morgan fingerprint density at radius 2 is 2.00 bits per heavy atom. The molecule has 0 aliphatic heterocycles. The van der Waals surface area contributed by atoms with Gasteiger partial charge in [-0.2, -0.15) is 0 Å². The highest BCUT2D eigenvalue weighted by molar-refractivity contribution is 5.52. The quantitative estimate of drug-likeness (QED) is 0.611. The Hall–Kier alpha value is -1.08. The Morgan fingerprint density at radius 3 is 2.55 bits per heavy atom. The van der Waals surface area contributed by atoms with Crippen LogP contribution in [0.15, 0.2) is 35.9 Å². The zero-order valence-corrected chi connectivity index (χ0v) is 6.67. The van der Waals surface area contributed by atoms with E-state index < -0.39 is 0 Å². The van der Waals surface area contributed by atoms with Crippen molar-refractivity contribution in [1.82, 2.24) is 5.73 Å². The first-order valence-corrected chi connectivity index (χ1v) is 3.70. The molecule has 1 aromatic rings. The molecule has 1 N–H and O–H groups in total. The average Bonchev–Trinajstić information content (AvgIpc) is 2.06. The molecule has 1 aromatic carbocycles. The number of rotatable bonds is 2. The lowest BCUT2D eigenvalue weighted by atomic mass is 10.1. The molecule has 57 valence electrons. The molecule has 1 nitrogen and oxygen atoms in total. The van der Waals surface area contributed by atoms with Crippen LogP contribution in [0.5, 0.6) is 0 Å². The van der Waals surface area contributed by atoms with E-state index in [0.29, 0.717) is 6.54 Å². The third kappa shape index (κ3) is 2.56. The highest BCUT2D eigenvalue weighted by Gasteiger charge is 1.86. The summed E-state index contributed by atoms with van der Waals surface area (Å²) in [5.41, 5.74) is 9.36. The highest BCUT2D eigenvalue weighted by atomic mass is 14.5. The lowest BCUT2D eigenvalue weighted by Gasteiger charge is -1.94. The summed E-state index contributed by atoms with van der Waals surface area (Å²) in [4.78, 5) is 0. The molecule has 0 bridgehead atoms. The van der Waals surface area contributed by atoms with E-state index in [9.17, 15) is 0 Å². The average molecular weight is 146 g/mol. The first-order valence-electron chi connectivity index (χ1n) is 3.70. The SMILES string of the molecule is C/C(=C\c1ccccc1)C[NH]. The van der Waals surface area contributed by atoms with Crippen LogP contribution in [-0.2, 0) is 0 Å². The van der Waals surface area contributed by atoms with E-state index in [2.05, 4.69) is 0 Å². The molecule has 0 aromatic heterocycles. The molecule has 1 heteroatoms. The van der Waals surface area contributed by atoms with Crippen LogP contribution in [0.2, 0.25) is 0 Å². The molecular weight excluding hydrogens is 134 g/mol. The van der Waals surface area contributed by atoms with Crippen LogP contribution in [0.1, 0.15) is 12.5 Å². The van der Waals surface area contributed by atoms with Gasteiger partial charge in [-0.3, -0.25) is 5.73 Å². The summed E-state index contributed by atoms with van der Waals surface area (Å²) in [6.07, 6.45) is 2.03. The topological polar surface area (TPSA) is 23.8 Å². The smallest absolute Gasteiger partial charge is 0.0311 e. The number of benzene rings is 1. The van der Waals surface area contributed by atoms with Crippen molar-refractivity contribution in [2.45, 2.75) is 6.92 Å². The summed E-state index contributed by atoms with van der Waals surface area (Å²) >= 11 is 0. The van der Waals surface area contributed by atoms with Crippen molar-refractivity contribution in [2.75, 3.05) is 6.54 Å². The van der Waals surface area contributed by atoms with Gasteiger partial charge in [0.05, 0.1) is 0 Å². The summed E-state index contributed by atoms with van der Waals surface area (Å²) in [7, 11) is 0. The predicted molar refractivity (Wildman–Crippen MR) is 48.1 cm³/mol. The second-order valence-corrected chi connectivity index (χ2v) is 2.58. The van der Waals surface area contributed by atoms with E-state index in [-0.39, 0.29) is 0 Å². The van der Waals surface area contributed by atoms with Crippen LogP contribution in [-0.4, -0.2) is 6.54 Å². The monoisotopic (exact) mass is 146 g/mol. The maximum atomic E-state index is 7.09. The Bertz CT molecular complexity index is 236. The van der Waals surface area contributed by atoms with Crippen molar-refractivity contribution in [3.63, 3.8) is 0 Å². The van der Waals surface area contributed by atoms with Gasteiger partial charge < -0.3 is 0 Å². The lowest BCUT2D eigenvalue weighted by molar-refractivity contribution is 1.11. The van der Waals surface area contributed by atoms with Gasteiger partial charge >= 0.3 is 0 Å². The van der Waals surface area contributed by atoms with Gasteiger partial charge in [0.15, 0.2) is 0 Å². The van der Waals surface area contributed by atoms with Gasteiger partial charge in [-0.05, 0) is 12.5 Å². The van der Waals surface area contributed by atoms with Crippen LogP contribution in [0.4, 0.5) is 0 Å². The van der Waals surface area contributed by atoms with Gasteiger partial charge in [0.25, 0.3) is 0 Å². The van der Waals surface area contributed by atoms with Crippen molar-refractivity contribution >= 4 is 6.08 Å². The summed E-state index contributed by atoms with van der Waals surface area (Å²) in [5, 5.41) is 0. The minimum atomic E-state index is 0.384. The summed E-state index contributed by atoms with van der Waals surface area (Å²) in [6, 6.07) is 10.1. The number of hydrogen-bond donors (Lipinski definition) is 0. The Labute approximate surface area is 67.5 Å². The number of hydrogen-bond acceptors (Lipinski definition) is 0. The van der Waals surface area contributed by atoms with Crippen molar-refractivity contribution in [1.29, 1.82) is 0 Å². The zero-order chi connectivity index (χ0) is 8.10. The van der Waals surface area contributed by atoms with Crippen molar-refractivity contribution in [2.24, 2.45) is 0 Å². The first kappa shape index (κ1) is 8.02. The molecule has 0 amide bonds. The van der Waals surface area contributed by atoms with Gasteiger partial charge in [0, 0.05) is 6.54 Å². The molecule has 0 saturated carbocycles. The first-order chi connectivity index (χ1) is 5.33. The summed E-state index contributed by atoms with van der Waals surface area (Å²) < 4.78 is 0. The van der Waals surface area contributed by atoms with E-state index >= 15 is 0 Å². The fraction of sp³-hybridized carbons (Fsp3) is 0.200. The molecule has 11 heavy (non-hydrogen) atoms. The zero-order valence-electron chi connectivity index (χ0n) is 6.67. The van der Waals surface area contributed by atoms with E-state index in [1.165, 1.54) is 5.56 Å². The Kier molecular flexibility index (Phi) is 2.87. The Balaban J connectivity index is 2.79. The normalized spacial score (nSPS) is 11.6. The Morgan fingerprint density at radius 1 is 1.36 bits per heavy atom. The maximum Gasteiger partial charge on any atom is 0.0311 e. The molecular formula is C10H12N. The van der Waals surface area contributed by atoms with Crippen molar-refractivity contribution < 1.29 is 0 Å². The largest absolute Gasteiger partial charge is 0.253 e. The minimum Gasteiger partial charge on any atom is -0.253 e. The fourth-order valence-electron chi connectivity index (χ4n) is 0.885.